The Morgan fingerprint density at radius 2 is 0.879 bits per heavy atom. The monoisotopic (exact) mass is 738 g/mol. The topological polar surface area (TPSA) is 8.17 Å². The lowest BCUT2D eigenvalue weighted by molar-refractivity contribution is 1.18. The predicted octanol–water partition coefficient (Wildman–Crippen LogP) is 15.6. The van der Waals surface area contributed by atoms with Gasteiger partial charge in [0.2, 0.25) is 0 Å². The van der Waals surface area contributed by atoms with E-state index in [1.54, 1.807) is 0 Å². The standard InChI is InChI=1S/C56H38N2/c1-3-15-39(16-4-1)42-18-11-22-46(37-42)57(45-34-31-41(32-35-45)49-26-13-28-51-48-24-8-7-17-40(48)33-36-52(49)51)47-23-12-19-43(38-47)50-27-14-30-55-56(50)53-25-9-10-29-54(53)58(55)44-20-5-2-6-21-44/h1-38H. The van der Waals surface area contributed by atoms with Crippen LogP contribution in [0.15, 0.2) is 231 Å². The molecule has 11 rings (SSSR count). The summed E-state index contributed by atoms with van der Waals surface area (Å²) in [5, 5.41) is 7.57. The number of hydrogen-bond acceptors (Lipinski definition) is 1. The first-order valence-corrected chi connectivity index (χ1v) is 19.9. The lowest BCUT2D eigenvalue weighted by atomic mass is 9.94. The Bertz CT molecular complexity index is 3270. The van der Waals surface area contributed by atoms with E-state index >= 15 is 0 Å². The SMILES string of the molecule is c1ccc(-c2cccc(N(c3ccc(-c4cccc5c4ccc4ccccc45)cc3)c3cccc(-c4cccc5c4c4ccccc4n5-c4ccccc4)c3)c2)cc1. The van der Waals surface area contributed by atoms with E-state index in [1.807, 2.05) is 0 Å². The number of fused-ring (bicyclic) bond motifs is 6. The normalized spacial score (nSPS) is 11.4. The number of nitrogens with zero attached hydrogens (tertiary/aromatic N) is 2. The van der Waals surface area contributed by atoms with Crippen molar-refractivity contribution in [2.45, 2.75) is 0 Å². The number of anilines is 3. The van der Waals surface area contributed by atoms with Crippen molar-refractivity contribution in [1.29, 1.82) is 0 Å². The molecule has 0 aliphatic heterocycles. The largest absolute Gasteiger partial charge is 0.310 e. The van der Waals surface area contributed by atoms with Crippen LogP contribution in [0.1, 0.15) is 0 Å². The Hall–Kier alpha value is -7.68. The van der Waals surface area contributed by atoms with Gasteiger partial charge in [-0.15, -0.1) is 0 Å². The van der Waals surface area contributed by atoms with Crippen LogP contribution in [-0.2, 0) is 0 Å². The lowest BCUT2D eigenvalue weighted by Crippen LogP contribution is -2.10. The maximum absolute atomic E-state index is 2.39. The molecular formula is C56H38N2. The minimum Gasteiger partial charge on any atom is -0.310 e. The quantitative estimate of drug-likeness (QED) is 0.148. The van der Waals surface area contributed by atoms with Gasteiger partial charge in [0.15, 0.2) is 0 Å². The Morgan fingerprint density at radius 1 is 0.293 bits per heavy atom. The summed E-state index contributed by atoms with van der Waals surface area (Å²) in [6.07, 6.45) is 0. The van der Waals surface area contributed by atoms with Gasteiger partial charge in [0.05, 0.1) is 11.0 Å². The van der Waals surface area contributed by atoms with Gasteiger partial charge in [0.1, 0.15) is 0 Å². The first-order valence-electron chi connectivity index (χ1n) is 19.9. The summed E-state index contributed by atoms with van der Waals surface area (Å²) < 4.78 is 2.39. The second kappa shape index (κ2) is 14.1. The van der Waals surface area contributed by atoms with Crippen LogP contribution in [0.2, 0.25) is 0 Å². The number of benzene rings is 10. The Kier molecular flexibility index (Phi) is 8.19. The van der Waals surface area contributed by atoms with E-state index in [2.05, 4.69) is 240 Å². The van der Waals surface area contributed by atoms with E-state index in [0.717, 1.165) is 22.7 Å². The average Bonchev–Trinajstić information content (AvgIpc) is 3.65. The van der Waals surface area contributed by atoms with Gasteiger partial charge in [0, 0.05) is 33.5 Å². The van der Waals surface area contributed by atoms with Gasteiger partial charge >= 0.3 is 0 Å². The van der Waals surface area contributed by atoms with E-state index in [-0.39, 0.29) is 0 Å². The summed E-state index contributed by atoms with van der Waals surface area (Å²) >= 11 is 0. The number of aromatic nitrogens is 1. The van der Waals surface area contributed by atoms with Gasteiger partial charge in [-0.05, 0) is 116 Å². The maximum Gasteiger partial charge on any atom is 0.0547 e. The van der Waals surface area contributed by atoms with Crippen molar-refractivity contribution in [3.05, 3.63) is 231 Å². The van der Waals surface area contributed by atoms with Crippen molar-refractivity contribution >= 4 is 60.4 Å². The molecule has 2 nitrogen and oxygen atoms in total. The summed E-state index contributed by atoms with van der Waals surface area (Å²) in [5.74, 6) is 0. The van der Waals surface area contributed by atoms with Gasteiger partial charge < -0.3 is 9.47 Å². The highest BCUT2D eigenvalue weighted by Crippen LogP contribution is 2.43. The van der Waals surface area contributed by atoms with Crippen molar-refractivity contribution in [3.8, 4) is 39.1 Å². The molecule has 11 aromatic rings. The van der Waals surface area contributed by atoms with Crippen LogP contribution in [0, 0.1) is 0 Å². The third kappa shape index (κ3) is 5.74. The number of hydrogen-bond donors (Lipinski definition) is 0. The highest BCUT2D eigenvalue weighted by molar-refractivity contribution is 6.16. The van der Waals surface area contributed by atoms with Gasteiger partial charge in [0.25, 0.3) is 0 Å². The maximum atomic E-state index is 2.39. The molecule has 1 heterocycles. The minimum absolute atomic E-state index is 1.09. The van der Waals surface area contributed by atoms with Crippen molar-refractivity contribution in [3.63, 3.8) is 0 Å². The van der Waals surface area contributed by atoms with E-state index < -0.39 is 0 Å². The zero-order valence-electron chi connectivity index (χ0n) is 31.8. The first kappa shape index (κ1) is 33.6. The van der Waals surface area contributed by atoms with Gasteiger partial charge in [-0.2, -0.15) is 0 Å². The van der Waals surface area contributed by atoms with Crippen LogP contribution in [-0.4, -0.2) is 4.57 Å². The van der Waals surface area contributed by atoms with Crippen molar-refractivity contribution in [1.82, 2.24) is 4.57 Å². The fraction of sp³-hybridized carbons (Fsp3) is 0. The smallest absolute Gasteiger partial charge is 0.0547 e. The molecule has 0 atom stereocenters. The fourth-order valence-corrected chi connectivity index (χ4v) is 8.91. The Morgan fingerprint density at radius 3 is 1.69 bits per heavy atom. The molecule has 1 aromatic heterocycles. The van der Waals surface area contributed by atoms with Gasteiger partial charge in [-0.25, -0.2) is 0 Å². The van der Waals surface area contributed by atoms with Crippen LogP contribution in [0.5, 0.6) is 0 Å². The van der Waals surface area contributed by atoms with Gasteiger partial charge in [-0.1, -0.05) is 170 Å². The molecule has 0 fully saturated rings. The van der Waals surface area contributed by atoms with E-state index in [1.165, 1.54) is 76.7 Å². The van der Waals surface area contributed by atoms with Crippen LogP contribution in [0.25, 0.3) is 82.4 Å². The van der Waals surface area contributed by atoms with Crippen molar-refractivity contribution < 1.29 is 0 Å². The second-order valence-electron chi connectivity index (χ2n) is 14.9. The minimum atomic E-state index is 1.09. The molecule has 0 saturated carbocycles. The highest BCUT2D eigenvalue weighted by Gasteiger charge is 2.19. The van der Waals surface area contributed by atoms with Crippen LogP contribution >= 0.6 is 0 Å². The fourth-order valence-electron chi connectivity index (χ4n) is 8.91. The summed E-state index contributed by atoms with van der Waals surface area (Å²) in [7, 11) is 0. The molecule has 0 aliphatic carbocycles. The molecule has 2 heteroatoms. The summed E-state index contributed by atoms with van der Waals surface area (Å²) in [6.45, 7) is 0. The molecule has 0 radical (unpaired) electrons. The molecule has 0 aliphatic rings. The molecule has 0 amide bonds. The highest BCUT2D eigenvalue weighted by atomic mass is 15.1. The van der Waals surface area contributed by atoms with Crippen LogP contribution < -0.4 is 4.90 Å². The third-order valence-electron chi connectivity index (χ3n) is 11.6. The zero-order chi connectivity index (χ0) is 38.4. The molecule has 0 spiro atoms. The molecule has 0 unspecified atom stereocenters. The molecule has 0 saturated heterocycles. The van der Waals surface area contributed by atoms with Crippen molar-refractivity contribution in [2.24, 2.45) is 0 Å². The van der Waals surface area contributed by atoms with E-state index in [4.69, 9.17) is 0 Å². The second-order valence-corrected chi connectivity index (χ2v) is 14.9. The third-order valence-corrected chi connectivity index (χ3v) is 11.6. The first-order chi connectivity index (χ1) is 28.8. The summed E-state index contributed by atoms with van der Waals surface area (Å²) in [4.78, 5) is 2.39. The number of rotatable bonds is 7. The van der Waals surface area contributed by atoms with Crippen molar-refractivity contribution in [2.75, 3.05) is 4.90 Å². The number of para-hydroxylation sites is 2. The van der Waals surface area contributed by atoms with Crippen LogP contribution in [0.3, 0.4) is 0 Å². The summed E-state index contributed by atoms with van der Waals surface area (Å²) in [6, 6.07) is 83.6. The van der Waals surface area contributed by atoms with Crippen LogP contribution in [0.4, 0.5) is 17.1 Å². The Labute approximate surface area is 338 Å². The Balaban J connectivity index is 1.07. The van der Waals surface area contributed by atoms with Gasteiger partial charge in [-0.3, -0.25) is 0 Å². The average molecular weight is 739 g/mol. The zero-order valence-corrected chi connectivity index (χ0v) is 31.8. The lowest BCUT2D eigenvalue weighted by Gasteiger charge is -2.27. The molecular weight excluding hydrogens is 701 g/mol. The van der Waals surface area contributed by atoms with E-state index in [0.29, 0.717) is 0 Å². The molecule has 58 heavy (non-hydrogen) atoms. The molecule has 272 valence electrons. The predicted molar refractivity (Wildman–Crippen MR) is 247 cm³/mol. The molecule has 10 aromatic carbocycles. The molecule has 0 bridgehead atoms. The molecule has 0 N–H and O–H groups in total. The van der Waals surface area contributed by atoms with E-state index in [9.17, 15) is 0 Å². The summed E-state index contributed by atoms with van der Waals surface area (Å²) in [5.41, 5.74) is 14.0.